The van der Waals surface area contributed by atoms with Crippen LogP contribution >= 0.6 is 11.3 Å². The number of imidazole rings is 1. The number of fused-ring (bicyclic) bond motifs is 1. The van der Waals surface area contributed by atoms with Crippen molar-refractivity contribution in [3.63, 3.8) is 0 Å². The van der Waals surface area contributed by atoms with Crippen LogP contribution in [0.5, 0.6) is 0 Å². The number of hydrogen-bond donors (Lipinski definition) is 1. The molecule has 0 saturated heterocycles. The van der Waals surface area contributed by atoms with Crippen LogP contribution in [0.1, 0.15) is 5.69 Å². The number of hydrogen-bond acceptors (Lipinski definition) is 4. The predicted octanol–water partition coefficient (Wildman–Crippen LogP) is 2.20. The Kier molecular flexibility index (Phi) is 2.62. The van der Waals surface area contributed by atoms with E-state index in [-0.39, 0.29) is 0 Å². The minimum atomic E-state index is 0.788. The highest BCUT2D eigenvalue weighted by Gasteiger charge is 2.02. The Morgan fingerprint density at radius 3 is 3.18 bits per heavy atom. The molecule has 1 aromatic carbocycles. The predicted molar refractivity (Wildman–Crippen MR) is 69.5 cm³/mol. The molecule has 1 N–H and O–H groups in total. The van der Waals surface area contributed by atoms with Crippen molar-refractivity contribution < 1.29 is 0 Å². The minimum absolute atomic E-state index is 0.788. The lowest BCUT2D eigenvalue weighted by atomic mass is 10.3. The summed E-state index contributed by atoms with van der Waals surface area (Å²) >= 11 is 1.66. The summed E-state index contributed by atoms with van der Waals surface area (Å²) in [6.45, 7) is 0.788. The van der Waals surface area contributed by atoms with Crippen molar-refractivity contribution in [2.45, 2.75) is 6.54 Å². The van der Waals surface area contributed by atoms with E-state index in [2.05, 4.69) is 27.4 Å². The van der Waals surface area contributed by atoms with Gasteiger partial charge in [0.2, 0.25) is 0 Å². The number of nitrogens with one attached hydrogen (secondary N) is 1. The van der Waals surface area contributed by atoms with Crippen LogP contribution in [-0.4, -0.2) is 21.6 Å². The maximum atomic E-state index is 4.34. The molecule has 0 saturated carbocycles. The zero-order valence-corrected chi connectivity index (χ0v) is 10.2. The van der Waals surface area contributed by atoms with Gasteiger partial charge < -0.3 is 9.88 Å². The summed E-state index contributed by atoms with van der Waals surface area (Å²) in [6.07, 6.45) is 3.88. The van der Waals surface area contributed by atoms with Gasteiger partial charge in [-0.25, -0.2) is 9.97 Å². The average Bonchev–Trinajstić information content (AvgIpc) is 2.96. The van der Waals surface area contributed by atoms with Crippen molar-refractivity contribution >= 4 is 21.6 Å². The maximum Gasteiger partial charge on any atom is 0.0995 e. The second-order valence-corrected chi connectivity index (χ2v) is 4.69. The van der Waals surface area contributed by atoms with Crippen LogP contribution in [0.3, 0.4) is 0 Å². The highest BCUT2D eigenvalue weighted by atomic mass is 32.1. The molecule has 0 unspecified atom stereocenters. The van der Waals surface area contributed by atoms with Gasteiger partial charge in [0.1, 0.15) is 0 Å². The molecule has 0 atom stereocenters. The first-order chi connectivity index (χ1) is 8.36. The van der Waals surface area contributed by atoms with Crippen LogP contribution in [-0.2, 0) is 6.54 Å². The molecule has 0 aliphatic carbocycles. The van der Waals surface area contributed by atoms with Crippen LogP contribution < -0.4 is 5.32 Å². The van der Waals surface area contributed by atoms with Crippen molar-refractivity contribution in [2.24, 2.45) is 0 Å². The molecule has 0 fully saturated rings. The Morgan fingerprint density at radius 1 is 1.35 bits per heavy atom. The van der Waals surface area contributed by atoms with Gasteiger partial charge in [-0.3, -0.25) is 0 Å². The molecule has 3 aromatic rings. The summed E-state index contributed by atoms with van der Waals surface area (Å²) in [4.78, 5) is 8.61. The number of aromatic nitrogens is 3. The highest BCUT2D eigenvalue weighted by molar-refractivity contribution is 7.16. The molecule has 0 aliphatic heterocycles. The Hall–Kier alpha value is -1.72. The van der Waals surface area contributed by atoms with E-state index in [0.29, 0.717) is 0 Å². The second-order valence-electron chi connectivity index (χ2n) is 3.81. The van der Waals surface area contributed by atoms with Gasteiger partial charge in [0, 0.05) is 18.4 Å². The fourth-order valence-electron chi connectivity index (χ4n) is 1.78. The van der Waals surface area contributed by atoms with E-state index in [4.69, 9.17) is 0 Å². The molecule has 0 amide bonds. The van der Waals surface area contributed by atoms with E-state index in [1.165, 1.54) is 4.70 Å². The second kappa shape index (κ2) is 4.27. The summed E-state index contributed by atoms with van der Waals surface area (Å²) in [7, 11) is 1.92. The molecule has 3 rings (SSSR count). The zero-order chi connectivity index (χ0) is 11.7. The molecule has 0 radical (unpaired) electrons. The molecule has 0 spiro atoms. The molecule has 2 aromatic heterocycles. The van der Waals surface area contributed by atoms with Crippen molar-refractivity contribution in [3.8, 4) is 5.69 Å². The number of benzene rings is 1. The van der Waals surface area contributed by atoms with E-state index >= 15 is 0 Å². The molecule has 17 heavy (non-hydrogen) atoms. The standard InChI is InChI=1S/C12H12N4S/c1-13-5-9-6-16(7-14-9)10-2-3-11-12(4-10)17-8-15-11/h2-4,6-8,13H,5H2,1H3. The molecule has 5 heteroatoms. The minimum Gasteiger partial charge on any atom is -0.314 e. The third-order valence-corrected chi connectivity index (χ3v) is 3.40. The molecule has 0 aliphatic rings. The molecular formula is C12H12N4S. The van der Waals surface area contributed by atoms with Crippen LogP contribution in [0.4, 0.5) is 0 Å². The smallest absolute Gasteiger partial charge is 0.0995 e. The van der Waals surface area contributed by atoms with Crippen molar-refractivity contribution in [3.05, 3.63) is 41.9 Å². The Balaban J connectivity index is 2.00. The summed E-state index contributed by atoms with van der Waals surface area (Å²) in [5, 5.41) is 3.09. The van der Waals surface area contributed by atoms with Crippen LogP contribution in [0.15, 0.2) is 36.2 Å². The average molecular weight is 244 g/mol. The first-order valence-electron chi connectivity index (χ1n) is 5.38. The highest BCUT2D eigenvalue weighted by Crippen LogP contribution is 2.21. The Morgan fingerprint density at radius 2 is 2.29 bits per heavy atom. The molecule has 4 nitrogen and oxygen atoms in total. The lowest BCUT2D eigenvalue weighted by Gasteiger charge is -2.01. The lowest BCUT2D eigenvalue weighted by Crippen LogP contribution is -2.04. The molecule has 0 bridgehead atoms. The van der Waals surface area contributed by atoms with E-state index in [0.717, 1.165) is 23.4 Å². The molecule has 86 valence electrons. The third kappa shape index (κ3) is 1.94. The van der Waals surface area contributed by atoms with E-state index < -0.39 is 0 Å². The zero-order valence-electron chi connectivity index (χ0n) is 9.42. The van der Waals surface area contributed by atoms with Crippen molar-refractivity contribution in [2.75, 3.05) is 7.05 Å². The van der Waals surface area contributed by atoms with E-state index in [1.54, 1.807) is 11.3 Å². The first-order valence-corrected chi connectivity index (χ1v) is 6.26. The number of rotatable bonds is 3. The van der Waals surface area contributed by atoms with E-state index in [1.807, 2.05) is 35.7 Å². The van der Waals surface area contributed by atoms with E-state index in [9.17, 15) is 0 Å². The quantitative estimate of drug-likeness (QED) is 0.768. The van der Waals surface area contributed by atoms with Gasteiger partial charge in [-0.05, 0) is 25.2 Å². The first kappa shape index (κ1) is 10.4. The Labute approximate surface area is 103 Å². The summed E-state index contributed by atoms with van der Waals surface area (Å²) in [6, 6.07) is 6.24. The van der Waals surface area contributed by atoms with Crippen molar-refractivity contribution in [1.29, 1.82) is 0 Å². The summed E-state index contributed by atoms with van der Waals surface area (Å²) in [5.74, 6) is 0. The van der Waals surface area contributed by atoms with Crippen LogP contribution in [0.2, 0.25) is 0 Å². The number of thiazole rings is 1. The summed E-state index contributed by atoms with van der Waals surface area (Å²) < 4.78 is 3.23. The molecule has 2 heterocycles. The van der Waals surface area contributed by atoms with Gasteiger partial charge in [-0.2, -0.15) is 0 Å². The van der Waals surface area contributed by atoms with Gasteiger partial charge in [-0.1, -0.05) is 0 Å². The van der Waals surface area contributed by atoms with Gasteiger partial charge >= 0.3 is 0 Å². The largest absolute Gasteiger partial charge is 0.314 e. The third-order valence-electron chi connectivity index (χ3n) is 2.61. The normalized spacial score (nSPS) is 11.1. The fourth-order valence-corrected chi connectivity index (χ4v) is 2.49. The van der Waals surface area contributed by atoms with Gasteiger partial charge in [0.15, 0.2) is 0 Å². The van der Waals surface area contributed by atoms with Crippen molar-refractivity contribution in [1.82, 2.24) is 19.9 Å². The monoisotopic (exact) mass is 244 g/mol. The fraction of sp³-hybridized carbons (Fsp3) is 0.167. The van der Waals surface area contributed by atoms with Gasteiger partial charge in [-0.15, -0.1) is 11.3 Å². The SMILES string of the molecule is CNCc1cn(-c2ccc3ncsc3c2)cn1. The summed E-state index contributed by atoms with van der Waals surface area (Å²) in [5.41, 5.74) is 5.08. The van der Waals surface area contributed by atoms with Gasteiger partial charge in [0.05, 0.1) is 27.7 Å². The lowest BCUT2D eigenvalue weighted by molar-refractivity contribution is 0.796. The number of nitrogens with zero attached hydrogens (tertiary/aromatic N) is 3. The van der Waals surface area contributed by atoms with Gasteiger partial charge in [0.25, 0.3) is 0 Å². The van der Waals surface area contributed by atoms with Crippen LogP contribution in [0, 0.1) is 0 Å². The Bertz CT molecular complexity index is 641. The maximum absolute atomic E-state index is 4.34. The van der Waals surface area contributed by atoms with Crippen LogP contribution in [0.25, 0.3) is 15.9 Å². The topological polar surface area (TPSA) is 42.7 Å². The molecular weight excluding hydrogens is 232 g/mol.